The predicted molar refractivity (Wildman–Crippen MR) is 129 cm³/mol. The predicted octanol–water partition coefficient (Wildman–Crippen LogP) is 5.75. The first-order chi connectivity index (χ1) is 16.6. The zero-order valence-corrected chi connectivity index (χ0v) is 19.7. The molecule has 7 nitrogen and oxygen atoms in total. The number of thiazole rings is 1. The molecule has 0 fully saturated rings. The number of nitrogens with one attached hydrogen (secondary N) is 1. The summed E-state index contributed by atoms with van der Waals surface area (Å²) in [7, 11) is 0. The first-order valence-electron chi connectivity index (χ1n) is 10.9. The van der Waals surface area contributed by atoms with Gasteiger partial charge in [-0.05, 0) is 55.3 Å². The van der Waals surface area contributed by atoms with Crippen LogP contribution in [0.25, 0.3) is 11.4 Å². The van der Waals surface area contributed by atoms with E-state index in [0.717, 1.165) is 38.1 Å². The molecule has 4 aromatic rings. The lowest BCUT2D eigenvalue weighted by Crippen LogP contribution is -2.14. The van der Waals surface area contributed by atoms with E-state index in [4.69, 9.17) is 16.3 Å². The van der Waals surface area contributed by atoms with Gasteiger partial charge in [0.25, 0.3) is 5.91 Å². The molecule has 0 bridgehead atoms. The molecule has 34 heavy (non-hydrogen) atoms. The fourth-order valence-electron chi connectivity index (χ4n) is 3.80. The molecule has 5 rings (SSSR count). The van der Waals surface area contributed by atoms with Crippen LogP contribution >= 0.6 is 22.9 Å². The first-order valence-corrected chi connectivity index (χ1v) is 12.2. The molecular formula is C24H21ClFN5O2S. The van der Waals surface area contributed by atoms with Crippen LogP contribution in [0.3, 0.4) is 0 Å². The van der Waals surface area contributed by atoms with Crippen LogP contribution in [0, 0.1) is 5.82 Å². The lowest BCUT2D eigenvalue weighted by Gasteiger charge is -2.10. The third-order valence-electron chi connectivity index (χ3n) is 5.54. The second kappa shape index (κ2) is 9.90. The number of anilines is 1. The quantitative estimate of drug-likeness (QED) is 0.366. The Morgan fingerprint density at radius 2 is 2.00 bits per heavy atom. The number of fused-ring (bicyclic) bond motifs is 1. The second-order valence-electron chi connectivity index (χ2n) is 7.92. The van der Waals surface area contributed by atoms with Crippen molar-refractivity contribution in [3.63, 3.8) is 0 Å². The summed E-state index contributed by atoms with van der Waals surface area (Å²) in [5.74, 6) is 1.25. The van der Waals surface area contributed by atoms with Gasteiger partial charge in [0.1, 0.15) is 34.7 Å². The van der Waals surface area contributed by atoms with Crippen LogP contribution in [0.15, 0.2) is 47.8 Å². The maximum atomic E-state index is 14.5. The molecule has 0 saturated heterocycles. The third kappa shape index (κ3) is 4.95. The van der Waals surface area contributed by atoms with E-state index in [1.54, 1.807) is 41.8 Å². The number of rotatable bonds is 6. The molecule has 0 unspecified atom stereocenters. The van der Waals surface area contributed by atoms with Crippen LogP contribution in [0.5, 0.6) is 5.75 Å². The van der Waals surface area contributed by atoms with Crippen molar-refractivity contribution >= 4 is 34.5 Å². The summed E-state index contributed by atoms with van der Waals surface area (Å²) in [6, 6.07) is 11.6. The lowest BCUT2D eigenvalue weighted by atomic mass is 10.1. The summed E-state index contributed by atoms with van der Waals surface area (Å²) in [6.45, 7) is 1.04. The molecule has 0 saturated carbocycles. The van der Waals surface area contributed by atoms with Crippen LogP contribution in [0.4, 0.5) is 10.1 Å². The number of carbonyl (C=O) groups is 1. The van der Waals surface area contributed by atoms with Gasteiger partial charge in [0.2, 0.25) is 0 Å². The van der Waals surface area contributed by atoms with Gasteiger partial charge in [0, 0.05) is 28.9 Å². The minimum absolute atomic E-state index is 0.0698. The summed E-state index contributed by atoms with van der Waals surface area (Å²) >= 11 is 7.17. The van der Waals surface area contributed by atoms with E-state index in [2.05, 4.69) is 25.1 Å². The van der Waals surface area contributed by atoms with Gasteiger partial charge in [-0.3, -0.25) is 4.79 Å². The molecule has 0 aliphatic carbocycles. The number of benzene rings is 2. The number of amides is 1. The van der Waals surface area contributed by atoms with Crippen LogP contribution in [-0.2, 0) is 19.6 Å². The standard InChI is InChI=1S/C24H21ClFN5O2S/c25-16-6-8-17(9-7-16)33-13-22-27-20(14-34-22)24(32)28-19-12-15(5-10-18(19)26)23-30-29-21-4-2-1-3-11-31(21)23/h5-10,12,14H,1-4,11,13H2,(H,28,32). The van der Waals surface area contributed by atoms with Gasteiger partial charge >= 0.3 is 0 Å². The summed E-state index contributed by atoms with van der Waals surface area (Å²) in [4.78, 5) is 17.1. The summed E-state index contributed by atoms with van der Waals surface area (Å²) in [5, 5.41) is 14.1. The largest absolute Gasteiger partial charge is 0.486 e. The topological polar surface area (TPSA) is 81.9 Å². The number of hydrogen-bond acceptors (Lipinski definition) is 6. The van der Waals surface area contributed by atoms with E-state index in [-0.39, 0.29) is 18.0 Å². The van der Waals surface area contributed by atoms with E-state index < -0.39 is 11.7 Å². The minimum Gasteiger partial charge on any atom is -0.486 e. The number of halogens is 2. The summed E-state index contributed by atoms with van der Waals surface area (Å²) in [6.07, 6.45) is 4.17. The number of aromatic nitrogens is 4. The van der Waals surface area contributed by atoms with Crippen molar-refractivity contribution < 1.29 is 13.9 Å². The van der Waals surface area contributed by atoms with E-state index in [1.807, 2.05) is 0 Å². The maximum absolute atomic E-state index is 14.5. The Hall–Kier alpha value is -3.30. The van der Waals surface area contributed by atoms with Gasteiger partial charge < -0.3 is 14.6 Å². The first kappa shape index (κ1) is 22.5. The van der Waals surface area contributed by atoms with E-state index >= 15 is 0 Å². The van der Waals surface area contributed by atoms with Crippen LogP contribution in [0.1, 0.15) is 40.6 Å². The Balaban J connectivity index is 1.29. The summed E-state index contributed by atoms with van der Waals surface area (Å²) in [5.41, 5.74) is 0.967. The number of nitrogens with zero attached hydrogens (tertiary/aromatic N) is 4. The van der Waals surface area contributed by atoms with Crippen molar-refractivity contribution in [3.8, 4) is 17.1 Å². The van der Waals surface area contributed by atoms with Crippen LogP contribution in [0.2, 0.25) is 5.02 Å². The highest BCUT2D eigenvalue weighted by Gasteiger charge is 2.19. The molecule has 1 amide bonds. The van der Waals surface area contributed by atoms with Gasteiger partial charge in [-0.1, -0.05) is 18.0 Å². The van der Waals surface area contributed by atoms with Crippen LogP contribution in [-0.4, -0.2) is 25.7 Å². The van der Waals surface area contributed by atoms with Crippen molar-refractivity contribution in [2.75, 3.05) is 5.32 Å². The average molecular weight is 498 g/mol. The molecule has 1 aliphatic rings. The molecule has 3 heterocycles. The van der Waals surface area contributed by atoms with E-state index in [1.165, 1.54) is 17.4 Å². The highest BCUT2D eigenvalue weighted by Crippen LogP contribution is 2.27. The molecule has 2 aromatic carbocycles. The van der Waals surface area contributed by atoms with Crippen molar-refractivity contribution in [2.45, 2.75) is 38.8 Å². The molecule has 1 aliphatic heterocycles. The van der Waals surface area contributed by atoms with Crippen molar-refractivity contribution in [3.05, 3.63) is 75.2 Å². The van der Waals surface area contributed by atoms with Crippen molar-refractivity contribution in [1.82, 2.24) is 19.7 Å². The molecule has 0 radical (unpaired) electrons. The molecule has 10 heteroatoms. The molecule has 0 spiro atoms. The van der Waals surface area contributed by atoms with Crippen molar-refractivity contribution in [2.24, 2.45) is 0 Å². The van der Waals surface area contributed by atoms with Gasteiger partial charge in [-0.2, -0.15) is 0 Å². The number of hydrogen-bond donors (Lipinski definition) is 1. The molecule has 2 aromatic heterocycles. The zero-order chi connectivity index (χ0) is 23.5. The SMILES string of the molecule is O=C(Nc1cc(-c2nnc3n2CCCCC3)ccc1F)c1csc(COc2ccc(Cl)cc2)n1. The monoisotopic (exact) mass is 497 g/mol. The Morgan fingerprint density at radius 3 is 2.85 bits per heavy atom. The van der Waals surface area contributed by atoms with Crippen LogP contribution < -0.4 is 10.1 Å². The third-order valence-corrected chi connectivity index (χ3v) is 6.62. The molecule has 1 N–H and O–H groups in total. The minimum atomic E-state index is -0.533. The van der Waals surface area contributed by atoms with Crippen molar-refractivity contribution in [1.29, 1.82) is 0 Å². The molecule has 174 valence electrons. The molecular weight excluding hydrogens is 477 g/mol. The van der Waals surface area contributed by atoms with Gasteiger partial charge in [0.15, 0.2) is 5.82 Å². The van der Waals surface area contributed by atoms with Gasteiger partial charge in [-0.15, -0.1) is 21.5 Å². The number of ether oxygens (including phenoxy) is 1. The van der Waals surface area contributed by atoms with Gasteiger partial charge in [-0.25, -0.2) is 9.37 Å². The highest BCUT2D eigenvalue weighted by molar-refractivity contribution is 7.09. The maximum Gasteiger partial charge on any atom is 0.275 e. The lowest BCUT2D eigenvalue weighted by molar-refractivity contribution is 0.102. The number of carbonyl (C=O) groups excluding carboxylic acids is 1. The fraction of sp³-hybridized carbons (Fsp3) is 0.250. The average Bonchev–Trinajstić information content (AvgIpc) is 3.41. The number of aryl methyl sites for hydroxylation is 1. The Labute approximate surface area is 204 Å². The highest BCUT2D eigenvalue weighted by atomic mass is 35.5. The van der Waals surface area contributed by atoms with E-state index in [9.17, 15) is 9.18 Å². The Bertz CT molecular complexity index is 1320. The normalized spacial score (nSPS) is 13.2. The second-order valence-corrected chi connectivity index (χ2v) is 9.30. The fourth-order valence-corrected chi connectivity index (χ4v) is 4.61. The Kier molecular flexibility index (Phi) is 6.55. The Morgan fingerprint density at radius 1 is 1.15 bits per heavy atom. The summed E-state index contributed by atoms with van der Waals surface area (Å²) < 4.78 is 22.3. The van der Waals surface area contributed by atoms with E-state index in [0.29, 0.717) is 27.2 Å². The zero-order valence-electron chi connectivity index (χ0n) is 18.1. The van der Waals surface area contributed by atoms with Gasteiger partial charge in [0.05, 0.1) is 5.69 Å². The molecule has 0 atom stereocenters. The smallest absolute Gasteiger partial charge is 0.275 e.